The normalized spacial score (nSPS) is 15.8. The number of fused-ring (bicyclic) bond motifs is 1. The van der Waals surface area contributed by atoms with Gasteiger partial charge in [0.15, 0.2) is 0 Å². The lowest BCUT2D eigenvalue weighted by atomic mass is 9.94. The highest BCUT2D eigenvalue weighted by Gasteiger charge is 2.26. The Balaban J connectivity index is 0.00000259. The van der Waals surface area contributed by atoms with Gasteiger partial charge in [-0.2, -0.15) is 5.10 Å². The zero-order valence-electron chi connectivity index (χ0n) is 18.3. The van der Waals surface area contributed by atoms with Crippen molar-refractivity contribution in [3.63, 3.8) is 0 Å². The molecule has 1 aliphatic rings. The molecule has 0 radical (unpaired) electrons. The first-order valence-corrected chi connectivity index (χ1v) is 11.3. The minimum absolute atomic E-state index is 0. The monoisotopic (exact) mass is 521 g/mol. The van der Waals surface area contributed by atoms with Gasteiger partial charge in [0.25, 0.3) is 0 Å². The van der Waals surface area contributed by atoms with Crippen molar-refractivity contribution in [1.29, 1.82) is 0 Å². The maximum absolute atomic E-state index is 6.30. The molecule has 0 saturated heterocycles. The summed E-state index contributed by atoms with van der Waals surface area (Å²) in [6.07, 6.45) is 0.614. The molecule has 1 aliphatic heterocycles. The molecule has 0 bridgehead atoms. The zero-order valence-corrected chi connectivity index (χ0v) is 20.8. The van der Waals surface area contributed by atoms with Crippen LogP contribution in [0.2, 0.25) is 0 Å². The SMILES string of the molecule is Br.COc1ccc(-c2csc(NN=C3CC(c4ccccc4)Oc4ccc(C)cc43)n2)cc1. The maximum Gasteiger partial charge on any atom is 0.203 e. The summed E-state index contributed by atoms with van der Waals surface area (Å²) in [4.78, 5) is 4.70. The van der Waals surface area contributed by atoms with E-state index in [0.29, 0.717) is 6.42 Å². The molecule has 1 atom stereocenters. The summed E-state index contributed by atoms with van der Waals surface area (Å²) >= 11 is 1.53. The van der Waals surface area contributed by atoms with Gasteiger partial charge in [0, 0.05) is 22.9 Å². The predicted octanol–water partition coefficient (Wildman–Crippen LogP) is 7.05. The van der Waals surface area contributed by atoms with Crippen molar-refractivity contribution in [3.8, 4) is 22.8 Å². The number of hydrazone groups is 1. The van der Waals surface area contributed by atoms with Crippen LogP contribution in [0.1, 0.15) is 29.2 Å². The summed E-state index contributed by atoms with van der Waals surface area (Å²) in [6.45, 7) is 2.08. The molecule has 1 N–H and O–H groups in total. The Morgan fingerprint density at radius 2 is 1.85 bits per heavy atom. The summed E-state index contributed by atoms with van der Waals surface area (Å²) in [5.41, 5.74) is 9.43. The number of rotatable bonds is 5. The van der Waals surface area contributed by atoms with Gasteiger partial charge in [-0.3, -0.25) is 5.43 Å². The molecular formula is C26H24BrN3O2S. The van der Waals surface area contributed by atoms with Crippen LogP contribution < -0.4 is 14.9 Å². The van der Waals surface area contributed by atoms with Crippen molar-refractivity contribution in [2.24, 2.45) is 5.10 Å². The molecular weight excluding hydrogens is 498 g/mol. The van der Waals surface area contributed by atoms with Gasteiger partial charge in [0.1, 0.15) is 17.6 Å². The average molecular weight is 522 g/mol. The topological polar surface area (TPSA) is 55.7 Å². The number of methoxy groups -OCH3 is 1. The first-order chi connectivity index (χ1) is 15.7. The van der Waals surface area contributed by atoms with Crippen LogP contribution >= 0.6 is 28.3 Å². The summed E-state index contributed by atoms with van der Waals surface area (Å²) in [7, 11) is 1.66. The number of halogens is 1. The summed E-state index contributed by atoms with van der Waals surface area (Å²) < 4.78 is 11.5. The lowest BCUT2D eigenvalue weighted by molar-refractivity contribution is 0.206. The Kier molecular flexibility index (Phi) is 7.11. The van der Waals surface area contributed by atoms with Crippen LogP contribution in [0.15, 0.2) is 83.3 Å². The highest BCUT2D eigenvalue weighted by Crippen LogP contribution is 2.36. The van der Waals surface area contributed by atoms with Crippen molar-refractivity contribution in [2.75, 3.05) is 12.5 Å². The predicted molar refractivity (Wildman–Crippen MR) is 140 cm³/mol. The molecule has 3 aromatic carbocycles. The number of benzene rings is 3. The number of hydrogen-bond acceptors (Lipinski definition) is 6. The van der Waals surface area contributed by atoms with Crippen molar-refractivity contribution >= 4 is 39.2 Å². The van der Waals surface area contributed by atoms with Crippen LogP contribution in [0, 0.1) is 6.92 Å². The second-order valence-electron chi connectivity index (χ2n) is 7.66. The van der Waals surface area contributed by atoms with Crippen LogP contribution in [0.25, 0.3) is 11.3 Å². The van der Waals surface area contributed by atoms with Crippen LogP contribution in [0.5, 0.6) is 11.5 Å². The highest BCUT2D eigenvalue weighted by molar-refractivity contribution is 8.93. The summed E-state index contributed by atoms with van der Waals surface area (Å²) in [5, 5.41) is 7.54. The van der Waals surface area contributed by atoms with Crippen molar-refractivity contribution < 1.29 is 9.47 Å². The van der Waals surface area contributed by atoms with Crippen LogP contribution in [-0.4, -0.2) is 17.8 Å². The Bertz CT molecular complexity index is 1260. The zero-order chi connectivity index (χ0) is 21.9. The molecule has 168 valence electrons. The molecule has 0 amide bonds. The molecule has 2 heterocycles. The van der Waals surface area contributed by atoms with E-state index < -0.39 is 0 Å². The van der Waals surface area contributed by atoms with Gasteiger partial charge in [0.2, 0.25) is 5.13 Å². The van der Waals surface area contributed by atoms with Crippen LogP contribution in [0.4, 0.5) is 5.13 Å². The second kappa shape index (κ2) is 10.2. The summed E-state index contributed by atoms with van der Waals surface area (Å²) in [5.74, 6) is 1.68. The molecule has 1 aromatic heterocycles. The van der Waals surface area contributed by atoms with Crippen LogP contribution in [-0.2, 0) is 0 Å². The van der Waals surface area contributed by atoms with Gasteiger partial charge in [-0.25, -0.2) is 4.98 Å². The third-order valence-electron chi connectivity index (χ3n) is 5.44. The van der Waals surface area contributed by atoms with E-state index in [-0.39, 0.29) is 23.1 Å². The van der Waals surface area contributed by atoms with Crippen molar-refractivity contribution in [2.45, 2.75) is 19.4 Å². The molecule has 4 aromatic rings. The first kappa shape index (κ1) is 23.0. The molecule has 7 heteroatoms. The molecule has 33 heavy (non-hydrogen) atoms. The fraction of sp³-hybridized carbons (Fsp3) is 0.154. The van der Waals surface area contributed by atoms with E-state index in [1.807, 2.05) is 53.9 Å². The molecule has 5 rings (SSSR count). The fourth-order valence-electron chi connectivity index (χ4n) is 3.75. The minimum Gasteiger partial charge on any atom is -0.497 e. The third kappa shape index (κ3) is 5.10. The van der Waals surface area contributed by atoms with Gasteiger partial charge in [-0.15, -0.1) is 28.3 Å². The molecule has 5 nitrogen and oxygen atoms in total. The van der Waals surface area contributed by atoms with E-state index in [4.69, 9.17) is 19.6 Å². The Morgan fingerprint density at radius 3 is 2.61 bits per heavy atom. The van der Waals surface area contributed by atoms with Crippen LogP contribution in [0.3, 0.4) is 0 Å². The van der Waals surface area contributed by atoms with Gasteiger partial charge in [-0.1, -0.05) is 42.0 Å². The van der Waals surface area contributed by atoms with Gasteiger partial charge < -0.3 is 9.47 Å². The maximum atomic E-state index is 6.30. The number of nitrogens with one attached hydrogen (secondary N) is 1. The van der Waals surface area contributed by atoms with E-state index in [1.54, 1.807) is 7.11 Å². The van der Waals surface area contributed by atoms with E-state index in [9.17, 15) is 0 Å². The lowest BCUT2D eigenvalue weighted by Crippen LogP contribution is -2.22. The fourth-order valence-corrected chi connectivity index (χ4v) is 4.41. The lowest BCUT2D eigenvalue weighted by Gasteiger charge is -2.27. The van der Waals surface area contributed by atoms with E-state index in [0.717, 1.165) is 44.7 Å². The number of thiazole rings is 1. The Morgan fingerprint density at radius 1 is 1.06 bits per heavy atom. The number of ether oxygens (including phenoxy) is 2. The first-order valence-electron chi connectivity index (χ1n) is 10.4. The number of aromatic nitrogens is 1. The number of aryl methyl sites for hydroxylation is 1. The van der Waals surface area contributed by atoms with Gasteiger partial charge in [-0.05, 0) is 48.9 Å². The quantitative estimate of drug-likeness (QED) is 0.286. The summed E-state index contributed by atoms with van der Waals surface area (Å²) in [6, 6.07) is 24.4. The number of anilines is 1. The van der Waals surface area contributed by atoms with Gasteiger partial charge in [0.05, 0.1) is 18.5 Å². The minimum atomic E-state index is -0.0712. The second-order valence-corrected chi connectivity index (χ2v) is 8.52. The molecule has 1 unspecified atom stereocenters. The van der Waals surface area contributed by atoms with Crippen molar-refractivity contribution in [3.05, 3.63) is 94.9 Å². The Hall–Kier alpha value is -3.16. The van der Waals surface area contributed by atoms with E-state index in [1.165, 1.54) is 16.9 Å². The van der Waals surface area contributed by atoms with E-state index in [2.05, 4.69) is 36.6 Å². The molecule has 0 fully saturated rings. The average Bonchev–Trinajstić information content (AvgIpc) is 3.32. The smallest absolute Gasteiger partial charge is 0.203 e. The molecule has 0 spiro atoms. The highest BCUT2D eigenvalue weighted by atomic mass is 79.9. The molecule has 0 saturated carbocycles. The van der Waals surface area contributed by atoms with Gasteiger partial charge >= 0.3 is 0 Å². The third-order valence-corrected chi connectivity index (χ3v) is 6.19. The van der Waals surface area contributed by atoms with Crippen molar-refractivity contribution in [1.82, 2.24) is 4.98 Å². The number of nitrogens with zero attached hydrogens (tertiary/aromatic N) is 2. The molecule has 0 aliphatic carbocycles. The number of hydrogen-bond donors (Lipinski definition) is 1. The largest absolute Gasteiger partial charge is 0.497 e. The Labute approximate surface area is 207 Å². The standard InChI is InChI=1S/C26H23N3O2S.BrH/c1-17-8-13-24-21(14-17)22(15-25(31-24)19-6-4-3-5-7-19)28-29-26-27-23(16-32-26)18-9-11-20(30-2)12-10-18;/h3-14,16,25H,15H2,1-2H3,(H,27,29);1H. The van der Waals surface area contributed by atoms with E-state index >= 15 is 0 Å².